The Kier molecular flexibility index (Phi) is 10.1. The van der Waals surface area contributed by atoms with E-state index in [9.17, 15) is 8.78 Å². The summed E-state index contributed by atoms with van der Waals surface area (Å²) < 4.78 is 32.0. The van der Waals surface area contributed by atoms with Crippen LogP contribution >= 0.6 is 24.0 Å². The molecular formula is C19H24F2IN3O. The van der Waals surface area contributed by atoms with Crippen molar-refractivity contribution < 1.29 is 13.5 Å². The molecule has 0 heterocycles. The molecule has 26 heavy (non-hydrogen) atoms. The van der Waals surface area contributed by atoms with Crippen LogP contribution in [-0.2, 0) is 24.4 Å². The van der Waals surface area contributed by atoms with Crippen LogP contribution in [0.3, 0.4) is 0 Å². The molecule has 0 aliphatic rings. The summed E-state index contributed by atoms with van der Waals surface area (Å²) in [6.07, 6.45) is 0. The van der Waals surface area contributed by atoms with Crippen molar-refractivity contribution in [3.63, 3.8) is 0 Å². The van der Waals surface area contributed by atoms with Crippen molar-refractivity contribution >= 4 is 29.9 Å². The molecule has 0 aromatic heterocycles. The lowest BCUT2D eigenvalue weighted by Gasteiger charge is -2.12. The number of benzene rings is 2. The molecule has 2 N–H and O–H groups in total. The average Bonchev–Trinajstić information content (AvgIpc) is 2.61. The van der Waals surface area contributed by atoms with Gasteiger partial charge in [0.1, 0.15) is 11.6 Å². The highest BCUT2D eigenvalue weighted by atomic mass is 127. The SMILES string of the molecule is CCNC(=NCc1ccc(COC)cc1)NCc1cc(F)ccc1F.I. The van der Waals surface area contributed by atoms with Crippen molar-refractivity contribution in [2.24, 2.45) is 4.99 Å². The van der Waals surface area contributed by atoms with E-state index in [1.165, 1.54) is 6.07 Å². The molecule has 142 valence electrons. The zero-order chi connectivity index (χ0) is 18.1. The first-order valence-electron chi connectivity index (χ1n) is 8.15. The van der Waals surface area contributed by atoms with E-state index in [1.807, 2.05) is 31.2 Å². The molecule has 0 radical (unpaired) electrons. The average molecular weight is 475 g/mol. The molecule has 0 bridgehead atoms. The minimum Gasteiger partial charge on any atom is -0.380 e. The van der Waals surface area contributed by atoms with Gasteiger partial charge in [-0.25, -0.2) is 13.8 Å². The number of hydrogen-bond donors (Lipinski definition) is 2. The maximum absolute atomic E-state index is 13.7. The standard InChI is InChI=1S/C19H23F2N3O.HI/c1-3-22-19(24-12-16-10-17(20)8-9-18(16)21)23-11-14-4-6-15(7-5-14)13-25-2;/h4-10H,3,11-13H2,1-2H3,(H2,22,23,24);1H. The molecule has 0 atom stereocenters. The maximum atomic E-state index is 13.7. The summed E-state index contributed by atoms with van der Waals surface area (Å²) in [5.41, 5.74) is 2.41. The fourth-order valence-electron chi connectivity index (χ4n) is 2.28. The normalized spacial score (nSPS) is 11.0. The predicted octanol–water partition coefficient (Wildman–Crippen LogP) is 3.98. The van der Waals surface area contributed by atoms with Gasteiger partial charge < -0.3 is 15.4 Å². The first kappa shape index (κ1) is 22.3. The summed E-state index contributed by atoms with van der Waals surface area (Å²) in [7, 11) is 1.66. The van der Waals surface area contributed by atoms with Crippen LogP contribution in [0.25, 0.3) is 0 Å². The van der Waals surface area contributed by atoms with Gasteiger partial charge in [-0.2, -0.15) is 0 Å². The number of hydrogen-bond acceptors (Lipinski definition) is 2. The Bertz CT molecular complexity index is 708. The molecule has 2 aromatic carbocycles. The smallest absolute Gasteiger partial charge is 0.191 e. The van der Waals surface area contributed by atoms with E-state index in [0.717, 1.165) is 23.3 Å². The van der Waals surface area contributed by atoms with Crippen molar-refractivity contribution in [2.45, 2.75) is 26.6 Å². The maximum Gasteiger partial charge on any atom is 0.191 e. The van der Waals surface area contributed by atoms with Crippen LogP contribution in [0.15, 0.2) is 47.5 Å². The first-order chi connectivity index (χ1) is 12.1. The summed E-state index contributed by atoms with van der Waals surface area (Å²) in [5, 5.41) is 6.11. The van der Waals surface area contributed by atoms with E-state index >= 15 is 0 Å². The van der Waals surface area contributed by atoms with E-state index in [4.69, 9.17) is 4.74 Å². The number of guanidine groups is 1. The number of nitrogens with one attached hydrogen (secondary N) is 2. The van der Waals surface area contributed by atoms with Crippen molar-refractivity contribution in [1.82, 2.24) is 10.6 Å². The minimum atomic E-state index is -0.462. The number of nitrogens with zero attached hydrogens (tertiary/aromatic N) is 1. The van der Waals surface area contributed by atoms with Crippen molar-refractivity contribution in [1.29, 1.82) is 0 Å². The molecule has 0 aliphatic heterocycles. The van der Waals surface area contributed by atoms with Crippen LogP contribution in [-0.4, -0.2) is 19.6 Å². The molecule has 7 heteroatoms. The number of halogens is 3. The van der Waals surface area contributed by atoms with E-state index in [1.54, 1.807) is 7.11 Å². The van der Waals surface area contributed by atoms with Crippen molar-refractivity contribution in [2.75, 3.05) is 13.7 Å². The third-order valence-electron chi connectivity index (χ3n) is 3.55. The quantitative estimate of drug-likeness (QED) is 0.362. The minimum absolute atomic E-state index is 0. The zero-order valence-corrected chi connectivity index (χ0v) is 17.2. The topological polar surface area (TPSA) is 45.7 Å². The second-order valence-corrected chi connectivity index (χ2v) is 5.53. The summed E-state index contributed by atoms with van der Waals surface area (Å²) in [6, 6.07) is 11.4. The highest BCUT2D eigenvalue weighted by molar-refractivity contribution is 14.0. The molecule has 0 unspecified atom stereocenters. The second kappa shape index (κ2) is 11.8. The lowest BCUT2D eigenvalue weighted by molar-refractivity contribution is 0.185. The van der Waals surface area contributed by atoms with Crippen LogP contribution in [0.5, 0.6) is 0 Å². The number of aliphatic imine (C=N–C) groups is 1. The highest BCUT2D eigenvalue weighted by Crippen LogP contribution is 2.09. The molecule has 2 rings (SSSR count). The molecule has 0 amide bonds. The van der Waals surface area contributed by atoms with Crippen LogP contribution in [0.1, 0.15) is 23.6 Å². The summed E-state index contributed by atoms with van der Waals surface area (Å²) in [4.78, 5) is 4.47. The van der Waals surface area contributed by atoms with Gasteiger partial charge in [-0.15, -0.1) is 24.0 Å². The number of rotatable bonds is 7. The lowest BCUT2D eigenvalue weighted by atomic mass is 10.1. The van der Waals surface area contributed by atoms with Gasteiger partial charge in [-0.3, -0.25) is 0 Å². The molecule has 0 aliphatic carbocycles. The van der Waals surface area contributed by atoms with Gasteiger partial charge in [-0.1, -0.05) is 24.3 Å². The van der Waals surface area contributed by atoms with E-state index < -0.39 is 11.6 Å². The molecule has 4 nitrogen and oxygen atoms in total. The van der Waals surface area contributed by atoms with Crippen LogP contribution < -0.4 is 10.6 Å². The van der Waals surface area contributed by atoms with E-state index in [2.05, 4.69) is 15.6 Å². The largest absolute Gasteiger partial charge is 0.380 e. The van der Waals surface area contributed by atoms with Gasteiger partial charge in [0.05, 0.1) is 13.2 Å². The third-order valence-corrected chi connectivity index (χ3v) is 3.55. The zero-order valence-electron chi connectivity index (χ0n) is 14.9. The van der Waals surface area contributed by atoms with Gasteiger partial charge >= 0.3 is 0 Å². The molecule has 0 spiro atoms. The highest BCUT2D eigenvalue weighted by Gasteiger charge is 2.05. The van der Waals surface area contributed by atoms with Gasteiger partial charge in [0, 0.05) is 25.8 Å². The summed E-state index contributed by atoms with van der Waals surface area (Å²) in [5.74, 6) is -0.359. The van der Waals surface area contributed by atoms with Crippen molar-refractivity contribution in [3.05, 3.63) is 70.8 Å². The monoisotopic (exact) mass is 475 g/mol. The molecule has 2 aromatic rings. The van der Waals surface area contributed by atoms with Gasteiger partial charge in [-0.05, 0) is 36.2 Å². The van der Waals surface area contributed by atoms with E-state index in [-0.39, 0.29) is 36.1 Å². The third kappa shape index (κ3) is 7.25. The fraction of sp³-hybridized carbons (Fsp3) is 0.316. The van der Waals surface area contributed by atoms with Crippen molar-refractivity contribution in [3.8, 4) is 0 Å². The van der Waals surface area contributed by atoms with Crippen LogP contribution in [0.2, 0.25) is 0 Å². The first-order valence-corrected chi connectivity index (χ1v) is 8.15. The van der Waals surface area contributed by atoms with Crippen LogP contribution in [0, 0.1) is 11.6 Å². The summed E-state index contributed by atoms with van der Waals surface area (Å²) in [6.45, 7) is 3.83. The summed E-state index contributed by atoms with van der Waals surface area (Å²) >= 11 is 0. The molecule has 0 saturated heterocycles. The molecule has 0 saturated carbocycles. The predicted molar refractivity (Wildman–Crippen MR) is 111 cm³/mol. The second-order valence-electron chi connectivity index (χ2n) is 5.53. The van der Waals surface area contributed by atoms with Gasteiger partial charge in [0.15, 0.2) is 5.96 Å². The molecular weight excluding hydrogens is 451 g/mol. The number of methoxy groups -OCH3 is 1. The molecule has 0 fully saturated rings. The van der Waals surface area contributed by atoms with Gasteiger partial charge in [0.2, 0.25) is 0 Å². The van der Waals surface area contributed by atoms with Gasteiger partial charge in [0.25, 0.3) is 0 Å². The Labute approximate surface area is 170 Å². The lowest BCUT2D eigenvalue weighted by Crippen LogP contribution is -2.37. The Morgan fingerprint density at radius 3 is 2.38 bits per heavy atom. The Hall–Kier alpha value is -1.74. The van der Waals surface area contributed by atoms with Crippen LogP contribution in [0.4, 0.5) is 8.78 Å². The van der Waals surface area contributed by atoms with E-state index in [0.29, 0.717) is 25.7 Å². The fourth-order valence-corrected chi connectivity index (χ4v) is 2.28. The Balaban J connectivity index is 0.00000338. The Morgan fingerprint density at radius 2 is 1.73 bits per heavy atom. The Morgan fingerprint density at radius 1 is 1.04 bits per heavy atom. The number of ether oxygens (including phenoxy) is 1.